The van der Waals surface area contributed by atoms with Crippen molar-refractivity contribution < 1.29 is 34.0 Å². The zero-order chi connectivity index (χ0) is 21.5. The highest BCUT2D eigenvalue weighted by molar-refractivity contribution is 6.02. The van der Waals surface area contributed by atoms with Gasteiger partial charge in [-0.05, 0) is 52.2 Å². The first kappa shape index (κ1) is 22.7. The third-order valence-corrected chi connectivity index (χ3v) is 5.29. The van der Waals surface area contributed by atoms with E-state index in [0.29, 0.717) is 0 Å². The minimum atomic E-state index is -2.04. The van der Waals surface area contributed by atoms with Crippen LogP contribution >= 0.6 is 0 Å². The van der Waals surface area contributed by atoms with E-state index in [9.17, 15) is 19.8 Å². The molecule has 0 aromatic heterocycles. The largest absolute Gasteiger partial charge is 0.444 e. The summed E-state index contributed by atoms with van der Waals surface area (Å²) in [5.74, 6) is -2.90. The van der Waals surface area contributed by atoms with Gasteiger partial charge in [-0.25, -0.2) is 0 Å². The number of carbonyl (C=O) groups is 2. The van der Waals surface area contributed by atoms with Crippen LogP contribution in [0.3, 0.4) is 0 Å². The summed E-state index contributed by atoms with van der Waals surface area (Å²) in [6.07, 6.45) is 3.63. The summed E-state index contributed by atoms with van der Waals surface area (Å²) in [5, 5.41) is 21.7. The number of hydrogen-bond acceptors (Lipinski definition) is 7. The molecule has 0 saturated carbocycles. The monoisotopic (exact) mass is 396 g/mol. The minimum absolute atomic E-state index is 0.0212. The molecular weight excluding hydrogens is 364 g/mol. The van der Waals surface area contributed by atoms with Gasteiger partial charge in [0.05, 0.1) is 5.60 Å². The van der Waals surface area contributed by atoms with E-state index in [0.717, 1.165) is 5.57 Å². The van der Waals surface area contributed by atoms with E-state index in [1.54, 1.807) is 20.8 Å². The molecule has 28 heavy (non-hydrogen) atoms. The second kappa shape index (κ2) is 7.37. The molecule has 1 aliphatic heterocycles. The number of ketones is 1. The third kappa shape index (κ3) is 3.68. The van der Waals surface area contributed by atoms with Crippen LogP contribution in [0.5, 0.6) is 0 Å². The predicted octanol–water partition coefficient (Wildman–Crippen LogP) is 2.05. The van der Waals surface area contributed by atoms with Crippen molar-refractivity contribution in [2.24, 2.45) is 5.92 Å². The van der Waals surface area contributed by atoms with Crippen LogP contribution in [0.25, 0.3) is 0 Å². The molecule has 7 nitrogen and oxygen atoms in total. The van der Waals surface area contributed by atoms with Crippen molar-refractivity contribution in [3.63, 3.8) is 0 Å². The topological polar surface area (TPSA) is 102 Å². The van der Waals surface area contributed by atoms with Gasteiger partial charge in [-0.1, -0.05) is 25.5 Å². The van der Waals surface area contributed by atoms with Gasteiger partial charge in [0.25, 0.3) is 0 Å². The van der Waals surface area contributed by atoms with Crippen LogP contribution in [0.4, 0.5) is 0 Å². The van der Waals surface area contributed by atoms with Gasteiger partial charge in [0.1, 0.15) is 6.10 Å². The number of esters is 1. The van der Waals surface area contributed by atoms with Crippen LogP contribution in [0.2, 0.25) is 0 Å². The van der Waals surface area contributed by atoms with Gasteiger partial charge < -0.3 is 24.4 Å². The molecule has 158 valence electrons. The fourth-order valence-electron chi connectivity index (χ4n) is 3.85. The molecular formula is C21H32O7. The molecule has 1 saturated heterocycles. The fraction of sp³-hybridized carbons (Fsp3) is 0.714. The third-order valence-electron chi connectivity index (χ3n) is 5.29. The molecule has 1 fully saturated rings. The second-order valence-corrected chi connectivity index (χ2v) is 8.90. The maximum atomic E-state index is 13.1. The first-order chi connectivity index (χ1) is 12.7. The number of methoxy groups -OCH3 is 1. The molecule has 0 bridgehead atoms. The van der Waals surface area contributed by atoms with E-state index >= 15 is 0 Å². The Morgan fingerprint density at radius 1 is 1.46 bits per heavy atom. The Hall–Kier alpha value is -1.54. The average molecular weight is 396 g/mol. The van der Waals surface area contributed by atoms with Crippen molar-refractivity contribution in [2.45, 2.75) is 83.1 Å². The van der Waals surface area contributed by atoms with Crippen molar-refractivity contribution in [1.29, 1.82) is 0 Å². The van der Waals surface area contributed by atoms with E-state index in [-0.39, 0.29) is 18.8 Å². The van der Waals surface area contributed by atoms with Crippen molar-refractivity contribution in [3.05, 3.63) is 23.8 Å². The summed E-state index contributed by atoms with van der Waals surface area (Å²) in [5.41, 5.74) is -4.45. The highest BCUT2D eigenvalue weighted by Gasteiger charge is 2.77. The van der Waals surface area contributed by atoms with Crippen molar-refractivity contribution in [3.8, 4) is 0 Å². The Morgan fingerprint density at radius 3 is 2.57 bits per heavy atom. The lowest BCUT2D eigenvalue weighted by Crippen LogP contribution is -2.68. The highest BCUT2D eigenvalue weighted by Crippen LogP contribution is 2.54. The van der Waals surface area contributed by atoms with Crippen LogP contribution in [-0.4, -0.2) is 57.8 Å². The zero-order valence-corrected chi connectivity index (χ0v) is 17.7. The van der Waals surface area contributed by atoms with Gasteiger partial charge in [0.15, 0.2) is 5.60 Å². The Balaban J connectivity index is 2.60. The van der Waals surface area contributed by atoms with Crippen LogP contribution in [0.15, 0.2) is 23.8 Å². The lowest BCUT2D eigenvalue weighted by atomic mass is 9.70. The smallest absolute Gasteiger partial charge is 0.307 e. The number of carbonyl (C=O) groups excluding carboxylic acids is 2. The van der Waals surface area contributed by atoms with Crippen LogP contribution in [-0.2, 0) is 23.8 Å². The molecule has 0 radical (unpaired) electrons. The molecule has 7 heteroatoms. The van der Waals surface area contributed by atoms with Gasteiger partial charge in [-0.2, -0.15) is 0 Å². The Labute approximate surface area is 166 Å². The summed E-state index contributed by atoms with van der Waals surface area (Å²) in [6, 6.07) is 0. The van der Waals surface area contributed by atoms with E-state index in [1.165, 1.54) is 32.3 Å². The molecule has 0 spiro atoms. The molecule has 4 atom stereocenters. The molecule has 0 amide bonds. The van der Waals surface area contributed by atoms with E-state index < -0.39 is 40.4 Å². The van der Waals surface area contributed by atoms with Gasteiger partial charge in [-0.15, -0.1) is 0 Å². The number of fused-ring (bicyclic) bond motifs is 1. The molecule has 0 aromatic rings. The molecule has 1 heterocycles. The zero-order valence-electron chi connectivity index (χ0n) is 17.7. The summed E-state index contributed by atoms with van der Waals surface area (Å²) >= 11 is 0. The van der Waals surface area contributed by atoms with Crippen LogP contribution in [0, 0.1) is 5.92 Å². The van der Waals surface area contributed by atoms with Gasteiger partial charge in [0.2, 0.25) is 17.2 Å². The van der Waals surface area contributed by atoms with E-state index in [4.69, 9.17) is 14.2 Å². The Bertz CT molecular complexity index is 698. The lowest BCUT2D eigenvalue weighted by molar-refractivity contribution is -0.251. The maximum Gasteiger partial charge on any atom is 0.307 e. The van der Waals surface area contributed by atoms with Crippen molar-refractivity contribution in [2.75, 3.05) is 7.11 Å². The van der Waals surface area contributed by atoms with Gasteiger partial charge in [0, 0.05) is 13.5 Å². The fourth-order valence-corrected chi connectivity index (χ4v) is 3.85. The Morgan fingerprint density at radius 2 is 2.07 bits per heavy atom. The number of aliphatic hydroxyl groups is 2. The SMILES string of the molecule is CO[C@]1(/C=C/C(C)(C)O)O[C@H]2CC(C)=CC(=O)[C@@]2(OC(=O)CC(C)C)[C@@]1(C)O. The molecule has 0 aromatic carbocycles. The first-order valence-electron chi connectivity index (χ1n) is 9.52. The Kier molecular flexibility index (Phi) is 5.99. The average Bonchev–Trinajstić information content (AvgIpc) is 2.70. The number of hydrogen-bond donors (Lipinski definition) is 2. The van der Waals surface area contributed by atoms with Gasteiger partial charge in [-0.3, -0.25) is 9.59 Å². The van der Waals surface area contributed by atoms with Crippen molar-refractivity contribution >= 4 is 11.8 Å². The number of rotatable bonds is 6. The van der Waals surface area contributed by atoms with Crippen LogP contribution < -0.4 is 0 Å². The predicted molar refractivity (Wildman–Crippen MR) is 102 cm³/mol. The standard InChI is InChI=1S/C21H32O7/c1-13(2)10-17(23)28-21-15(22)11-14(3)12-16(21)27-20(26-7,19(21,6)25)9-8-18(4,5)24/h8-9,11,13,16,24-25H,10,12H2,1-7H3/b9-8+/t16-,19-,20+,21-/m0/s1. The molecule has 2 aliphatic rings. The molecule has 2 N–H and O–H groups in total. The normalized spacial score (nSPS) is 36.0. The second-order valence-electron chi connectivity index (χ2n) is 8.90. The molecule has 2 rings (SSSR count). The maximum absolute atomic E-state index is 13.1. The van der Waals surface area contributed by atoms with E-state index in [2.05, 4.69) is 0 Å². The van der Waals surface area contributed by atoms with Gasteiger partial charge >= 0.3 is 5.97 Å². The lowest BCUT2D eigenvalue weighted by Gasteiger charge is -2.44. The summed E-state index contributed by atoms with van der Waals surface area (Å²) < 4.78 is 17.3. The van der Waals surface area contributed by atoms with Crippen molar-refractivity contribution in [1.82, 2.24) is 0 Å². The van der Waals surface area contributed by atoms with E-state index in [1.807, 2.05) is 13.8 Å². The number of ether oxygens (including phenoxy) is 3. The van der Waals surface area contributed by atoms with Crippen LogP contribution in [0.1, 0.15) is 54.4 Å². The summed E-state index contributed by atoms with van der Waals surface area (Å²) in [6.45, 7) is 9.96. The summed E-state index contributed by atoms with van der Waals surface area (Å²) in [4.78, 5) is 25.7. The molecule has 0 unspecified atom stereocenters. The quantitative estimate of drug-likeness (QED) is 0.523. The highest BCUT2D eigenvalue weighted by atomic mass is 16.7. The molecule has 1 aliphatic carbocycles. The summed E-state index contributed by atoms with van der Waals surface area (Å²) in [7, 11) is 1.33. The first-order valence-corrected chi connectivity index (χ1v) is 9.52. The minimum Gasteiger partial charge on any atom is -0.444 e.